The highest BCUT2D eigenvalue weighted by molar-refractivity contribution is 5.98. The molecule has 0 unspecified atom stereocenters. The largest absolute Gasteiger partial charge is 0.501 e. The number of amides is 1. The van der Waals surface area contributed by atoms with Gasteiger partial charge in [0.1, 0.15) is 29.1 Å². The van der Waals surface area contributed by atoms with Crippen molar-refractivity contribution in [3.05, 3.63) is 115 Å². The number of oxime groups is 1. The molecule has 306 valence electrons. The van der Waals surface area contributed by atoms with E-state index in [0.717, 1.165) is 12.7 Å². The van der Waals surface area contributed by atoms with E-state index in [2.05, 4.69) is 44.6 Å². The predicted molar refractivity (Wildman–Crippen MR) is 197 cm³/mol. The van der Waals surface area contributed by atoms with Crippen molar-refractivity contribution in [3.63, 3.8) is 0 Å². The van der Waals surface area contributed by atoms with Gasteiger partial charge in [-0.05, 0) is 56.2 Å². The Bertz CT molecular complexity index is 2140. The third-order valence-corrected chi connectivity index (χ3v) is 5.93. The number of nitrogens with one attached hydrogen (secondary N) is 3. The molecule has 0 saturated carbocycles. The van der Waals surface area contributed by atoms with Crippen molar-refractivity contribution in [3.8, 4) is 23.3 Å². The Morgan fingerprint density at radius 2 is 1.16 bits per heavy atom. The zero-order valence-electron chi connectivity index (χ0n) is 31.3. The Morgan fingerprint density at radius 1 is 0.772 bits per heavy atom. The fourth-order valence-corrected chi connectivity index (χ4v) is 3.25. The van der Waals surface area contributed by atoms with E-state index in [1.165, 1.54) is 71.4 Å². The van der Waals surface area contributed by atoms with Gasteiger partial charge < -0.3 is 56.4 Å². The molecule has 2 aromatic heterocycles. The molecule has 57 heavy (non-hydrogen) atoms. The number of amidine groups is 1. The van der Waals surface area contributed by atoms with Crippen LogP contribution in [0, 0.1) is 37.3 Å². The van der Waals surface area contributed by atoms with Crippen molar-refractivity contribution in [1.82, 2.24) is 25.3 Å². The molecular weight excluding hydrogens is 762 g/mol. The van der Waals surface area contributed by atoms with Crippen LogP contribution in [0.5, 0.6) is 11.5 Å². The van der Waals surface area contributed by atoms with Crippen LogP contribution in [0.4, 0.5) is 8.78 Å². The van der Waals surface area contributed by atoms with Crippen molar-refractivity contribution in [1.29, 1.82) is 0 Å². The van der Waals surface area contributed by atoms with Gasteiger partial charge in [-0.1, -0.05) is 29.4 Å². The number of carbonyl (C=O) groups is 4. The van der Waals surface area contributed by atoms with Gasteiger partial charge in [-0.25, -0.2) is 33.1 Å². The number of aryl methyl sites for hydroxylation is 2. The van der Waals surface area contributed by atoms with E-state index in [0.29, 0.717) is 12.1 Å². The number of H-pyrrole nitrogens is 2. The minimum Gasteiger partial charge on any atom is -0.501 e. The first-order valence-electron chi connectivity index (χ1n) is 15.6. The Labute approximate surface area is 322 Å². The number of hydrogen-bond donors (Lipinski definition) is 8. The maximum atomic E-state index is 12.7. The molecule has 0 spiro atoms. The van der Waals surface area contributed by atoms with Crippen LogP contribution in [0.25, 0.3) is 0 Å². The average Bonchev–Trinajstić information content (AvgIpc) is 3.20. The van der Waals surface area contributed by atoms with E-state index < -0.39 is 46.4 Å². The lowest BCUT2D eigenvalue weighted by atomic mass is 10.2. The third kappa shape index (κ3) is 19.8. The first kappa shape index (κ1) is 49.3. The van der Waals surface area contributed by atoms with Gasteiger partial charge in [0.25, 0.3) is 17.0 Å². The lowest BCUT2D eigenvalue weighted by Gasteiger charge is -2.06. The molecule has 0 radical (unpaired) electrons. The fourth-order valence-electron chi connectivity index (χ4n) is 3.25. The normalized spacial score (nSPS) is 9.60. The van der Waals surface area contributed by atoms with Gasteiger partial charge in [0, 0.05) is 24.9 Å². The summed E-state index contributed by atoms with van der Waals surface area (Å²) in [5.74, 6) is -0.638. The number of aromatic hydroxyl groups is 2. The summed E-state index contributed by atoms with van der Waals surface area (Å²) < 4.78 is 37.5. The van der Waals surface area contributed by atoms with E-state index in [1.807, 2.05) is 11.8 Å². The average molecular weight is 803 g/mol. The molecular formula is C35H40F2N8O12. The minimum atomic E-state index is -0.841. The third-order valence-electron chi connectivity index (χ3n) is 5.93. The summed E-state index contributed by atoms with van der Waals surface area (Å²) in [6, 6.07) is 11.7. The lowest BCUT2D eigenvalue weighted by molar-refractivity contribution is -0.135. The number of ether oxygens (including phenoxy) is 3. The lowest BCUT2D eigenvalue weighted by Crippen LogP contribution is -2.26. The zero-order valence-corrected chi connectivity index (χ0v) is 31.3. The van der Waals surface area contributed by atoms with Gasteiger partial charge in [-0.2, -0.15) is 0 Å². The SMILES string of the molecule is C/C(N)=N\O.COC(=O)C#CC(=O)OC.COC(=O)c1nc(C)[nH]c(=O)c1O.Cc1nc(C(=O)NCc2ccc(F)cc2)c(O)c(=O)[nH]1.NCc1ccc(F)cc1. The number of aromatic amines is 2. The standard InChI is InChI=1S/C13H12FN3O3.C7H8FN.C7H8N2O4.C6H6O4.C2H6N2O/c1-7-16-10(11(18)13(20)17-7)12(19)15-6-8-2-4-9(14)5-3-8;8-7-3-1-6(5-9)2-4-7;1-3-8-4(7(12)13-2)5(10)6(11)9-3;1-9-5(7)3-4-6(8)10-2;1-2(3)4-5/h2-5,18H,6H2,1H3,(H,15,19)(H,16,17,20);1-4H,5,9H2;10H,1-2H3,(H,8,9,11);1-2H3;5H,1H3,(H2,3,4). The van der Waals surface area contributed by atoms with Crippen molar-refractivity contribution in [2.24, 2.45) is 16.6 Å². The van der Waals surface area contributed by atoms with Gasteiger partial charge in [-0.15, -0.1) is 0 Å². The molecule has 10 N–H and O–H groups in total. The zero-order chi connectivity index (χ0) is 43.7. The number of hydrogen-bond acceptors (Lipinski definition) is 16. The molecule has 20 nitrogen and oxygen atoms in total. The Balaban J connectivity index is 0.000000739. The summed E-state index contributed by atoms with van der Waals surface area (Å²) in [7, 11) is 3.49. The molecule has 0 aliphatic heterocycles. The quantitative estimate of drug-likeness (QED) is 0.0202. The summed E-state index contributed by atoms with van der Waals surface area (Å²) in [4.78, 5) is 77.4. The number of methoxy groups -OCH3 is 3. The smallest absolute Gasteiger partial charge is 0.384 e. The van der Waals surface area contributed by atoms with Gasteiger partial charge in [0.15, 0.2) is 11.4 Å². The predicted octanol–water partition coefficient (Wildman–Crippen LogP) is 0.796. The minimum absolute atomic E-state index is 0.131. The number of nitrogens with zero attached hydrogens (tertiary/aromatic N) is 3. The molecule has 0 bridgehead atoms. The molecule has 0 aliphatic rings. The molecule has 2 heterocycles. The van der Waals surface area contributed by atoms with Gasteiger partial charge in [-0.3, -0.25) is 14.4 Å². The maximum absolute atomic E-state index is 12.7. The molecule has 22 heteroatoms. The van der Waals surface area contributed by atoms with Crippen LogP contribution in [-0.4, -0.2) is 86.3 Å². The van der Waals surface area contributed by atoms with Gasteiger partial charge >= 0.3 is 17.9 Å². The summed E-state index contributed by atoms with van der Waals surface area (Å²) in [6.07, 6.45) is 0. The summed E-state index contributed by atoms with van der Waals surface area (Å²) >= 11 is 0. The molecule has 2 aromatic carbocycles. The number of carbonyl (C=O) groups excluding carboxylic acids is 4. The highest BCUT2D eigenvalue weighted by Crippen LogP contribution is 2.09. The first-order valence-corrected chi connectivity index (χ1v) is 15.6. The highest BCUT2D eigenvalue weighted by Gasteiger charge is 2.17. The van der Waals surface area contributed by atoms with Crippen molar-refractivity contribution in [2.75, 3.05) is 21.3 Å². The number of halogens is 2. The number of rotatable bonds is 5. The van der Waals surface area contributed by atoms with E-state index in [1.54, 1.807) is 12.1 Å². The second kappa shape index (κ2) is 26.2. The highest BCUT2D eigenvalue weighted by atomic mass is 19.1. The van der Waals surface area contributed by atoms with Crippen LogP contribution >= 0.6 is 0 Å². The van der Waals surface area contributed by atoms with Crippen LogP contribution < -0.4 is 27.9 Å². The van der Waals surface area contributed by atoms with Gasteiger partial charge in [0.05, 0.1) is 21.3 Å². The van der Waals surface area contributed by atoms with Crippen LogP contribution in [0.1, 0.15) is 50.7 Å². The molecule has 0 saturated heterocycles. The number of benzene rings is 2. The summed E-state index contributed by atoms with van der Waals surface area (Å²) in [5.41, 5.74) is 9.46. The summed E-state index contributed by atoms with van der Waals surface area (Å²) in [5, 5.41) is 31.3. The molecule has 0 aliphatic carbocycles. The Kier molecular flexibility index (Phi) is 22.6. The second-order valence-corrected chi connectivity index (χ2v) is 10.3. The number of esters is 3. The van der Waals surface area contributed by atoms with Crippen LogP contribution in [-0.2, 0) is 36.9 Å². The molecule has 0 atom stereocenters. The molecule has 1 amide bonds. The monoisotopic (exact) mass is 802 g/mol. The first-order chi connectivity index (χ1) is 26.8. The molecule has 4 aromatic rings. The fraction of sp³-hybridized carbons (Fsp3) is 0.229. The second-order valence-electron chi connectivity index (χ2n) is 10.3. The van der Waals surface area contributed by atoms with Gasteiger partial charge in [0.2, 0.25) is 11.5 Å². The number of aromatic nitrogens is 4. The topological polar surface area (TPSA) is 325 Å². The molecule has 4 rings (SSSR count). The van der Waals surface area contributed by atoms with Crippen LogP contribution in [0.2, 0.25) is 0 Å². The van der Waals surface area contributed by atoms with Crippen molar-refractivity contribution < 1.29 is 57.6 Å². The summed E-state index contributed by atoms with van der Waals surface area (Å²) in [6.45, 7) is 5.09. The van der Waals surface area contributed by atoms with Crippen LogP contribution in [0.15, 0.2) is 63.3 Å². The van der Waals surface area contributed by atoms with E-state index in [-0.39, 0.29) is 47.1 Å². The molecule has 0 fully saturated rings. The maximum Gasteiger partial charge on any atom is 0.384 e. The van der Waals surface area contributed by atoms with Crippen molar-refractivity contribution in [2.45, 2.75) is 33.9 Å². The Morgan fingerprint density at radius 3 is 1.53 bits per heavy atom. The van der Waals surface area contributed by atoms with Crippen molar-refractivity contribution >= 4 is 29.7 Å². The number of nitrogens with two attached hydrogens (primary N) is 2. The van der Waals surface area contributed by atoms with E-state index in [4.69, 9.17) is 21.8 Å². The Hall–Kier alpha value is -7.67. The van der Waals surface area contributed by atoms with Crippen LogP contribution in [0.3, 0.4) is 0 Å². The van der Waals surface area contributed by atoms with E-state index >= 15 is 0 Å². The van der Waals surface area contributed by atoms with E-state index in [9.17, 15) is 42.7 Å².